The van der Waals surface area contributed by atoms with Crippen molar-refractivity contribution < 1.29 is 18.7 Å². The maximum atomic E-state index is 13.2. The Hall–Kier alpha value is -1.62. The van der Waals surface area contributed by atoms with Gasteiger partial charge in [-0.15, -0.1) is 0 Å². The fourth-order valence-electron chi connectivity index (χ4n) is 1.36. The number of ether oxygens (including phenoxy) is 1. The molecule has 0 saturated heterocycles. The van der Waals surface area contributed by atoms with Crippen molar-refractivity contribution >= 4 is 23.5 Å². The van der Waals surface area contributed by atoms with Crippen LogP contribution in [0.25, 0.3) is 0 Å². The molecule has 18 heavy (non-hydrogen) atoms. The average Bonchev–Trinajstić information content (AvgIpc) is 2.38. The first-order valence-corrected chi connectivity index (χ1v) is 5.68. The van der Waals surface area contributed by atoms with Gasteiger partial charge in [-0.3, -0.25) is 9.59 Å². The lowest BCUT2D eigenvalue weighted by Crippen LogP contribution is -2.36. The highest BCUT2D eigenvalue weighted by Crippen LogP contribution is 2.16. The largest absolute Gasteiger partial charge is 0.468 e. The molecule has 0 spiro atoms. The molecule has 0 saturated carbocycles. The number of benzene rings is 1. The van der Waals surface area contributed by atoms with Crippen LogP contribution in [-0.2, 0) is 9.53 Å². The quantitative estimate of drug-likeness (QED) is 0.790. The zero-order valence-corrected chi connectivity index (χ0v) is 10.8. The number of carbonyl (C=O) groups is 2. The second-order valence-electron chi connectivity index (χ2n) is 3.52. The predicted octanol–water partition coefficient (Wildman–Crippen LogP) is 2.11. The number of likely N-dealkylation sites (N-methyl/N-ethyl adjacent to an activating group) is 1. The van der Waals surface area contributed by atoms with Crippen molar-refractivity contribution in [2.24, 2.45) is 0 Å². The molecule has 1 rings (SSSR count). The van der Waals surface area contributed by atoms with Crippen molar-refractivity contribution in [1.82, 2.24) is 4.90 Å². The van der Waals surface area contributed by atoms with Gasteiger partial charge in [0.2, 0.25) is 0 Å². The average molecular weight is 274 g/mol. The smallest absolute Gasteiger partial charge is 0.325 e. The standard InChI is InChI=1S/C12H13ClFNO3/c1-3-15(7-11(16)18-2)12(17)8-4-5-9(13)10(14)6-8/h4-6H,3,7H2,1-2H3. The molecular formula is C12H13ClFNO3. The molecule has 1 aromatic carbocycles. The number of carbonyl (C=O) groups excluding carboxylic acids is 2. The molecule has 6 heteroatoms. The fourth-order valence-corrected chi connectivity index (χ4v) is 1.48. The summed E-state index contributed by atoms with van der Waals surface area (Å²) in [5.41, 5.74) is 0.141. The molecule has 0 aromatic heterocycles. The van der Waals surface area contributed by atoms with Crippen LogP contribution in [0.1, 0.15) is 17.3 Å². The van der Waals surface area contributed by atoms with E-state index in [1.54, 1.807) is 6.92 Å². The first-order valence-electron chi connectivity index (χ1n) is 5.30. The van der Waals surface area contributed by atoms with Gasteiger partial charge in [-0.1, -0.05) is 11.6 Å². The summed E-state index contributed by atoms with van der Waals surface area (Å²) in [6.07, 6.45) is 0. The fraction of sp³-hybridized carbons (Fsp3) is 0.333. The van der Waals surface area contributed by atoms with E-state index in [4.69, 9.17) is 11.6 Å². The minimum atomic E-state index is -0.670. The van der Waals surface area contributed by atoms with Gasteiger partial charge in [0, 0.05) is 12.1 Å². The number of rotatable bonds is 4. The molecular weight excluding hydrogens is 261 g/mol. The number of hydrogen-bond acceptors (Lipinski definition) is 3. The third kappa shape index (κ3) is 3.43. The maximum Gasteiger partial charge on any atom is 0.325 e. The molecule has 0 fully saturated rings. The summed E-state index contributed by atoms with van der Waals surface area (Å²) in [4.78, 5) is 24.4. The minimum Gasteiger partial charge on any atom is -0.468 e. The Labute approximate surface area is 109 Å². The van der Waals surface area contributed by atoms with Crippen LogP contribution in [0.2, 0.25) is 5.02 Å². The van der Waals surface area contributed by atoms with Crippen LogP contribution in [0.15, 0.2) is 18.2 Å². The van der Waals surface area contributed by atoms with E-state index in [0.29, 0.717) is 6.54 Å². The van der Waals surface area contributed by atoms with Crippen LogP contribution in [0.4, 0.5) is 4.39 Å². The molecule has 4 nitrogen and oxygen atoms in total. The Morgan fingerprint density at radius 2 is 2.11 bits per heavy atom. The number of methoxy groups -OCH3 is 1. The minimum absolute atomic E-state index is 0.0532. The maximum absolute atomic E-state index is 13.2. The summed E-state index contributed by atoms with van der Waals surface area (Å²) < 4.78 is 17.7. The van der Waals surface area contributed by atoms with Gasteiger partial charge in [-0.25, -0.2) is 4.39 Å². The summed E-state index contributed by atoms with van der Waals surface area (Å²) >= 11 is 5.53. The van der Waals surface area contributed by atoms with Gasteiger partial charge in [-0.2, -0.15) is 0 Å². The van der Waals surface area contributed by atoms with Gasteiger partial charge in [0.15, 0.2) is 0 Å². The number of halogens is 2. The van der Waals surface area contributed by atoms with Crippen molar-refractivity contribution in [2.45, 2.75) is 6.92 Å². The van der Waals surface area contributed by atoms with Crippen LogP contribution in [0.5, 0.6) is 0 Å². The number of amides is 1. The van der Waals surface area contributed by atoms with Gasteiger partial charge in [0.05, 0.1) is 12.1 Å². The van der Waals surface area contributed by atoms with E-state index in [9.17, 15) is 14.0 Å². The highest BCUT2D eigenvalue weighted by Gasteiger charge is 2.18. The Bertz CT molecular complexity index is 465. The lowest BCUT2D eigenvalue weighted by molar-refractivity contribution is -0.141. The first kappa shape index (κ1) is 14.4. The SMILES string of the molecule is CCN(CC(=O)OC)C(=O)c1ccc(Cl)c(F)c1. The van der Waals surface area contributed by atoms with E-state index in [2.05, 4.69) is 4.74 Å². The molecule has 0 aliphatic carbocycles. The molecule has 0 aliphatic rings. The lowest BCUT2D eigenvalue weighted by Gasteiger charge is -2.19. The molecule has 0 bridgehead atoms. The summed E-state index contributed by atoms with van der Waals surface area (Å²) in [5.74, 6) is -1.64. The summed E-state index contributed by atoms with van der Waals surface area (Å²) in [5, 5.41) is -0.0532. The van der Waals surface area contributed by atoms with E-state index in [0.717, 1.165) is 6.07 Å². The molecule has 1 aromatic rings. The normalized spacial score (nSPS) is 10.0. The number of esters is 1. The molecule has 98 valence electrons. The van der Waals surface area contributed by atoms with E-state index in [1.807, 2.05) is 0 Å². The zero-order valence-electron chi connectivity index (χ0n) is 10.1. The lowest BCUT2D eigenvalue weighted by atomic mass is 10.2. The topological polar surface area (TPSA) is 46.6 Å². The van der Waals surface area contributed by atoms with Crippen molar-refractivity contribution in [3.8, 4) is 0 Å². The second kappa shape index (κ2) is 6.35. The van der Waals surface area contributed by atoms with Crippen LogP contribution in [0, 0.1) is 5.82 Å². The molecule has 0 aliphatic heterocycles. The molecule has 1 amide bonds. The summed E-state index contributed by atoms with van der Waals surface area (Å²) in [6, 6.07) is 3.76. The van der Waals surface area contributed by atoms with Gasteiger partial charge in [0.25, 0.3) is 5.91 Å². The zero-order chi connectivity index (χ0) is 13.7. The Kier molecular flexibility index (Phi) is 5.09. The van der Waals surface area contributed by atoms with Crippen molar-refractivity contribution in [1.29, 1.82) is 0 Å². The highest BCUT2D eigenvalue weighted by atomic mass is 35.5. The second-order valence-corrected chi connectivity index (χ2v) is 3.93. The molecule has 0 radical (unpaired) electrons. The Balaban J connectivity index is 2.89. The highest BCUT2D eigenvalue weighted by molar-refractivity contribution is 6.30. The van der Waals surface area contributed by atoms with Crippen molar-refractivity contribution in [3.63, 3.8) is 0 Å². The molecule has 0 N–H and O–H groups in total. The van der Waals surface area contributed by atoms with Crippen molar-refractivity contribution in [3.05, 3.63) is 34.6 Å². The molecule has 0 unspecified atom stereocenters. The first-order chi connectivity index (χ1) is 8.49. The van der Waals surface area contributed by atoms with Gasteiger partial charge in [-0.05, 0) is 25.1 Å². The third-order valence-electron chi connectivity index (χ3n) is 2.38. The monoisotopic (exact) mass is 273 g/mol. The van der Waals surface area contributed by atoms with Gasteiger partial charge < -0.3 is 9.64 Å². The van der Waals surface area contributed by atoms with Crippen molar-refractivity contribution in [2.75, 3.05) is 20.2 Å². The van der Waals surface area contributed by atoms with Crippen LogP contribution in [-0.4, -0.2) is 37.0 Å². The van der Waals surface area contributed by atoms with E-state index in [-0.39, 0.29) is 17.1 Å². The molecule has 0 atom stereocenters. The van der Waals surface area contributed by atoms with Crippen LogP contribution < -0.4 is 0 Å². The summed E-state index contributed by atoms with van der Waals surface area (Å²) in [6.45, 7) is 1.86. The molecule has 0 heterocycles. The number of nitrogens with zero attached hydrogens (tertiary/aromatic N) is 1. The predicted molar refractivity (Wildman–Crippen MR) is 65.0 cm³/mol. The van der Waals surface area contributed by atoms with Gasteiger partial charge >= 0.3 is 5.97 Å². The van der Waals surface area contributed by atoms with Crippen LogP contribution in [0.3, 0.4) is 0 Å². The summed E-state index contributed by atoms with van der Waals surface area (Å²) in [7, 11) is 1.24. The van der Waals surface area contributed by atoms with E-state index >= 15 is 0 Å². The van der Waals surface area contributed by atoms with E-state index in [1.165, 1.54) is 24.1 Å². The number of hydrogen-bond donors (Lipinski definition) is 0. The van der Waals surface area contributed by atoms with E-state index < -0.39 is 17.7 Å². The Morgan fingerprint density at radius 3 is 2.61 bits per heavy atom. The third-order valence-corrected chi connectivity index (χ3v) is 2.69. The van der Waals surface area contributed by atoms with Gasteiger partial charge in [0.1, 0.15) is 12.4 Å². The Morgan fingerprint density at radius 1 is 1.44 bits per heavy atom. The van der Waals surface area contributed by atoms with Crippen LogP contribution >= 0.6 is 11.6 Å².